The second-order valence-corrected chi connectivity index (χ2v) is 7.50. The van der Waals surface area contributed by atoms with Crippen LogP contribution in [0.5, 0.6) is 11.5 Å². The van der Waals surface area contributed by atoms with Gasteiger partial charge in [-0.25, -0.2) is 8.42 Å². The molecule has 2 aromatic rings. The fourth-order valence-electron chi connectivity index (χ4n) is 2.10. The molecule has 0 atom stereocenters. The first kappa shape index (κ1) is 17.6. The van der Waals surface area contributed by atoms with Gasteiger partial charge in [-0.15, -0.1) is 0 Å². The van der Waals surface area contributed by atoms with Crippen molar-refractivity contribution >= 4 is 31.6 Å². The molecule has 0 saturated heterocycles. The van der Waals surface area contributed by atoms with E-state index in [2.05, 4.69) is 20.7 Å². The maximum Gasteiger partial charge on any atom is 0.263 e. The number of sulfonamides is 1. The van der Waals surface area contributed by atoms with Crippen molar-refractivity contribution in [3.8, 4) is 11.5 Å². The molecule has 0 unspecified atom stereocenters. The molecule has 0 aromatic heterocycles. The Labute approximate surface area is 144 Å². The van der Waals surface area contributed by atoms with Crippen LogP contribution in [0.2, 0.25) is 0 Å². The van der Waals surface area contributed by atoms with Crippen LogP contribution in [0.15, 0.2) is 39.7 Å². The summed E-state index contributed by atoms with van der Waals surface area (Å²) in [7, 11) is -0.822. The van der Waals surface area contributed by atoms with E-state index in [9.17, 15) is 8.42 Å². The molecule has 7 heteroatoms. The molecule has 0 heterocycles. The highest BCUT2D eigenvalue weighted by molar-refractivity contribution is 9.10. The number of anilines is 1. The summed E-state index contributed by atoms with van der Waals surface area (Å²) in [5.41, 5.74) is 2.44. The summed E-state index contributed by atoms with van der Waals surface area (Å²) in [4.78, 5) is 0.0797. The molecule has 2 rings (SSSR count). The minimum absolute atomic E-state index is 0.0797. The maximum atomic E-state index is 12.7. The molecule has 0 amide bonds. The number of methoxy groups -OCH3 is 2. The molecular weight excluding hydrogens is 382 g/mol. The van der Waals surface area contributed by atoms with Crippen LogP contribution < -0.4 is 14.2 Å². The van der Waals surface area contributed by atoms with Crippen molar-refractivity contribution in [3.63, 3.8) is 0 Å². The Hall–Kier alpha value is -1.73. The van der Waals surface area contributed by atoms with Crippen LogP contribution in [0.4, 0.5) is 5.69 Å². The van der Waals surface area contributed by atoms with Gasteiger partial charge in [0.05, 0.1) is 19.9 Å². The van der Waals surface area contributed by atoms with E-state index in [1.807, 2.05) is 26.0 Å². The number of hydrogen-bond donors (Lipinski definition) is 1. The number of benzene rings is 2. The summed E-state index contributed by atoms with van der Waals surface area (Å²) in [5, 5.41) is 0. The zero-order chi connectivity index (χ0) is 17.2. The van der Waals surface area contributed by atoms with Crippen LogP contribution in [0.1, 0.15) is 11.1 Å². The van der Waals surface area contributed by atoms with Gasteiger partial charge in [0.15, 0.2) is 11.5 Å². The van der Waals surface area contributed by atoms with Gasteiger partial charge in [-0.1, -0.05) is 12.1 Å². The second kappa shape index (κ2) is 6.80. The normalized spacial score (nSPS) is 11.2. The highest BCUT2D eigenvalue weighted by atomic mass is 79.9. The van der Waals surface area contributed by atoms with E-state index in [-0.39, 0.29) is 4.90 Å². The van der Waals surface area contributed by atoms with Crippen LogP contribution in [0.3, 0.4) is 0 Å². The number of hydrogen-bond acceptors (Lipinski definition) is 4. The quantitative estimate of drug-likeness (QED) is 0.827. The van der Waals surface area contributed by atoms with Crippen LogP contribution in [-0.2, 0) is 10.0 Å². The molecule has 0 spiro atoms. The molecule has 124 valence electrons. The molecule has 1 N–H and O–H groups in total. The molecule has 2 aromatic carbocycles. The SMILES string of the molecule is COc1cc(Br)c(S(=O)(=O)Nc2cccc(C)c2C)cc1OC. The fourth-order valence-corrected chi connectivity index (χ4v) is 4.26. The van der Waals surface area contributed by atoms with Crippen molar-refractivity contribution in [1.82, 2.24) is 0 Å². The van der Waals surface area contributed by atoms with E-state index in [1.165, 1.54) is 20.3 Å². The van der Waals surface area contributed by atoms with Gasteiger partial charge in [0.1, 0.15) is 4.90 Å². The Morgan fingerprint density at radius 1 is 1.04 bits per heavy atom. The summed E-state index contributed by atoms with van der Waals surface area (Å²) < 4.78 is 38.8. The van der Waals surface area contributed by atoms with Crippen molar-refractivity contribution < 1.29 is 17.9 Å². The number of nitrogens with one attached hydrogen (secondary N) is 1. The minimum atomic E-state index is -3.77. The van der Waals surface area contributed by atoms with E-state index in [1.54, 1.807) is 12.1 Å². The molecule has 23 heavy (non-hydrogen) atoms. The van der Waals surface area contributed by atoms with Crippen LogP contribution in [-0.4, -0.2) is 22.6 Å². The zero-order valence-electron chi connectivity index (χ0n) is 13.3. The third-order valence-electron chi connectivity index (χ3n) is 3.58. The molecule has 5 nitrogen and oxygen atoms in total. The lowest BCUT2D eigenvalue weighted by Crippen LogP contribution is -2.15. The minimum Gasteiger partial charge on any atom is -0.493 e. The lowest BCUT2D eigenvalue weighted by molar-refractivity contribution is 0.353. The average molecular weight is 400 g/mol. The van der Waals surface area contributed by atoms with Gasteiger partial charge in [0, 0.05) is 10.5 Å². The molecular formula is C16H18BrNO4S. The Morgan fingerprint density at radius 3 is 2.26 bits per heavy atom. The van der Waals surface area contributed by atoms with E-state index in [0.717, 1.165) is 11.1 Å². The second-order valence-electron chi connectivity index (χ2n) is 4.99. The molecule has 0 aliphatic heterocycles. The van der Waals surface area contributed by atoms with E-state index in [4.69, 9.17) is 9.47 Å². The third kappa shape index (κ3) is 3.61. The largest absolute Gasteiger partial charge is 0.493 e. The highest BCUT2D eigenvalue weighted by Gasteiger charge is 2.22. The fraction of sp³-hybridized carbons (Fsp3) is 0.250. The molecule has 0 aliphatic carbocycles. The number of aryl methyl sites for hydroxylation is 1. The van der Waals surface area contributed by atoms with Gasteiger partial charge in [-0.3, -0.25) is 4.72 Å². The standard InChI is InChI=1S/C16H18BrNO4S/c1-10-6-5-7-13(11(10)2)18-23(19,20)16-9-15(22-4)14(21-3)8-12(16)17/h5-9,18H,1-4H3. The Balaban J connectivity index is 2.50. The first-order valence-corrected chi connectivity index (χ1v) is 9.08. The Kier molecular flexibility index (Phi) is 5.21. The van der Waals surface area contributed by atoms with E-state index < -0.39 is 10.0 Å². The smallest absolute Gasteiger partial charge is 0.263 e. The molecule has 0 saturated carbocycles. The lowest BCUT2D eigenvalue weighted by Gasteiger charge is -2.15. The predicted molar refractivity (Wildman–Crippen MR) is 94.0 cm³/mol. The number of ether oxygens (including phenoxy) is 2. The van der Waals surface area contributed by atoms with Crippen molar-refractivity contribution in [3.05, 3.63) is 45.9 Å². The predicted octanol–water partition coefficient (Wildman–Crippen LogP) is 3.88. The van der Waals surface area contributed by atoms with Crippen LogP contribution in [0, 0.1) is 13.8 Å². The van der Waals surface area contributed by atoms with Gasteiger partial charge in [0.2, 0.25) is 0 Å². The van der Waals surface area contributed by atoms with Gasteiger partial charge in [0.25, 0.3) is 10.0 Å². The topological polar surface area (TPSA) is 64.6 Å². The van der Waals surface area contributed by atoms with Crippen LogP contribution in [0.25, 0.3) is 0 Å². The van der Waals surface area contributed by atoms with Gasteiger partial charge < -0.3 is 9.47 Å². The van der Waals surface area contributed by atoms with Crippen molar-refractivity contribution in [2.75, 3.05) is 18.9 Å². The summed E-state index contributed by atoms with van der Waals surface area (Å²) in [6.45, 7) is 3.80. The Morgan fingerprint density at radius 2 is 1.65 bits per heavy atom. The van der Waals surface area contributed by atoms with E-state index >= 15 is 0 Å². The highest BCUT2D eigenvalue weighted by Crippen LogP contribution is 2.36. The number of halogens is 1. The molecule has 0 aliphatic rings. The third-order valence-corrected chi connectivity index (χ3v) is 5.90. The molecule has 0 radical (unpaired) electrons. The average Bonchev–Trinajstić information content (AvgIpc) is 2.51. The molecule has 0 bridgehead atoms. The van der Waals surface area contributed by atoms with E-state index in [0.29, 0.717) is 21.7 Å². The summed E-state index contributed by atoms with van der Waals surface area (Å²) in [6.07, 6.45) is 0. The van der Waals surface area contributed by atoms with Crippen molar-refractivity contribution in [2.24, 2.45) is 0 Å². The van der Waals surface area contributed by atoms with Crippen LogP contribution >= 0.6 is 15.9 Å². The van der Waals surface area contributed by atoms with Gasteiger partial charge >= 0.3 is 0 Å². The molecule has 0 fully saturated rings. The van der Waals surface area contributed by atoms with Crippen molar-refractivity contribution in [2.45, 2.75) is 18.7 Å². The number of rotatable bonds is 5. The zero-order valence-corrected chi connectivity index (χ0v) is 15.7. The first-order chi connectivity index (χ1) is 10.8. The summed E-state index contributed by atoms with van der Waals surface area (Å²) in [6, 6.07) is 8.46. The van der Waals surface area contributed by atoms with Crippen molar-refractivity contribution in [1.29, 1.82) is 0 Å². The summed E-state index contributed by atoms with van der Waals surface area (Å²) >= 11 is 3.28. The summed E-state index contributed by atoms with van der Waals surface area (Å²) in [5.74, 6) is 0.794. The monoisotopic (exact) mass is 399 g/mol. The first-order valence-electron chi connectivity index (χ1n) is 6.80. The maximum absolute atomic E-state index is 12.7. The Bertz CT molecular complexity index is 834. The lowest BCUT2D eigenvalue weighted by atomic mass is 10.1. The van der Waals surface area contributed by atoms with Gasteiger partial charge in [-0.05, 0) is 53.0 Å². The van der Waals surface area contributed by atoms with Gasteiger partial charge in [-0.2, -0.15) is 0 Å².